The minimum atomic E-state index is 0. The summed E-state index contributed by atoms with van der Waals surface area (Å²) in [7, 11) is 1.79. The highest BCUT2D eigenvalue weighted by molar-refractivity contribution is 14.0. The van der Waals surface area contributed by atoms with Crippen LogP contribution in [-0.4, -0.2) is 31.1 Å². The molecule has 0 spiro atoms. The van der Waals surface area contributed by atoms with Crippen molar-refractivity contribution in [1.82, 2.24) is 15.6 Å². The van der Waals surface area contributed by atoms with E-state index in [4.69, 9.17) is 4.74 Å². The molecule has 146 valence electrons. The molecule has 2 aromatic rings. The predicted octanol–water partition coefficient (Wildman–Crippen LogP) is 3.79. The van der Waals surface area contributed by atoms with Crippen LogP contribution in [0.4, 0.5) is 0 Å². The van der Waals surface area contributed by atoms with Gasteiger partial charge in [-0.2, -0.15) is 0 Å². The maximum atomic E-state index is 5.67. The van der Waals surface area contributed by atoms with E-state index < -0.39 is 0 Å². The van der Waals surface area contributed by atoms with Gasteiger partial charge in [0.05, 0.1) is 6.61 Å². The highest BCUT2D eigenvalue weighted by atomic mass is 127. The number of aliphatic imine (C=N–C) groups is 1. The molecule has 1 aromatic heterocycles. The summed E-state index contributed by atoms with van der Waals surface area (Å²) in [4.78, 5) is 8.64. The van der Waals surface area contributed by atoms with Gasteiger partial charge in [0.1, 0.15) is 0 Å². The Morgan fingerprint density at radius 2 is 1.93 bits per heavy atom. The first-order valence-electron chi connectivity index (χ1n) is 9.39. The Balaban J connectivity index is 0.00000261. The van der Waals surface area contributed by atoms with Crippen LogP contribution in [0, 0.1) is 5.92 Å². The van der Waals surface area contributed by atoms with Gasteiger partial charge in [0, 0.05) is 32.4 Å². The lowest BCUT2D eigenvalue weighted by molar-refractivity contribution is 0.288. The fourth-order valence-corrected chi connectivity index (χ4v) is 2.64. The zero-order chi connectivity index (χ0) is 18.0. The van der Waals surface area contributed by atoms with Crippen LogP contribution in [0.2, 0.25) is 0 Å². The number of nitrogens with zero attached hydrogens (tertiary/aromatic N) is 2. The van der Waals surface area contributed by atoms with Crippen LogP contribution in [0.15, 0.2) is 53.7 Å². The highest BCUT2D eigenvalue weighted by Crippen LogP contribution is 2.29. The third-order valence-corrected chi connectivity index (χ3v) is 4.42. The van der Waals surface area contributed by atoms with Crippen LogP contribution in [0.3, 0.4) is 0 Å². The Morgan fingerprint density at radius 1 is 1.11 bits per heavy atom. The van der Waals surface area contributed by atoms with Crippen molar-refractivity contribution in [2.75, 3.05) is 20.2 Å². The van der Waals surface area contributed by atoms with Crippen molar-refractivity contribution >= 4 is 29.9 Å². The normalized spacial score (nSPS) is 13.6. The van der Waals surface area contributed by atoms with Gasteiger partial charge in [-0.1, -0.05) is 36.4 Å². The summed E-state index contributed by atoms with van der Waals surface area (Å²) in [6.07, 6.45) is 6.58. The lowest BCUT2D eigenvalue weighted by Gasteiger charge is -2.12. The molecule has 0 amide bonds. The SMILES string of the molecule is CN=C(NCCCc1ccccc1)NCc1ccc(OCC2CC2)nc1.I. The molecule has 1 heterocycles. The van der Waals surface area contributed by atoms with Gasteiger partial charge >= 0.3 is 0 Å². The van der Waals surface area contributed by atoms with Gasteiger partial charge in [-0.05, 0) is 42.7 Å². The minimum absolute atomic E-state index is 0. The molecule has 1 aliphatic carbocycles. The molecule has 27 heavy (non-hydrogen) atoms. The number of guanidine groups is 1. The molecule has 3 rings (SSSR count). The molecule has 1 fully saturated rings. The second-order valence-electron chi connectivity index (χ2n) is 6.70. The summed E-state index contributed by atoms with van der Waals surface area (Å²) in [5.74, 6) is 2.27. The molecule has 0 unspecified atom stereocenters. The Morgan fingerprint density at radius 3 is 2.59 bits per heavy atom. The number of ether oxygens (including phenoxy) is 1. The Bertz CT molecular complexity index is 687. The summed E-state index contributed by atoms with van der Waals surface area (Å²) in [6.45, 7) is 2.37. The van der Waals surface area contributed by atoms with E-state index in [0.717, 1.165) is 43.4 Å². The maximum Gasteiger partial charge on any atom is 0.213 e. The molecule has 1 saturated carbocycles. The number of halogens is 1. The molecule has 0 saturated heterocycles. The number of pyridine rings is 1. The van der Waals surface area contributed by atoms with Gasteiger partial charge < -0.3 is 15.4 Å². The van der Waals surface area contributed by atoms with E-state index in [1.54, 1.807) is 7.05 Å². The van der Waals surface area contributed by atoms with Crippen molar-refractivity contribution < 1.29 is 4.74 Å². The summed E-state index contributed by atoms with van der Waals surface area (Å²) in [5.41, 5.74) is 2.48. The second kappa shape index (κ2) is 11.8. The first-order valence-corrected chi connectivity index (χ1v) is 9.39. The molecule has 0 atom stereocenters. The monoisotopic (exact) mass is 480 g/mol. The van der Waals surface area contributed by atoms with Gasteiger partial charge in [-0.15, -0.1) is 24.0 Å². The summed E-state index contributed by atoms with van der Waals surface area (Å²) in [5, 5.41) is 6.68. The molecule has 0 aliphatic heterocycles. The van der Waals surface area contributed by atoms with Gasteiger partial charge in [0.2, 0.25) is 5.88 Å². The van der Waals surface area contributed by atoms with Gasteiger partial charge in [-0.25, -0.2) is 4.98 Å². The van der Waals surface area contributed by atoms with Crippen molar-refractivity contribution in [2.45, 2.75) is 32.2 Å². The van der Waals surface area contributed by atoms with Crippen molar-refractivity contribution in [1.29, 1.82) is 0 Å². The van der Waals surface area contributed by atoms with E-state index in [2.05, 4.69) is 44.9 Å². The van der Waals surface area contributed by atoms with Crippen molar-refractivity contribution in [2.24, 2.45) is 10.9 Å². The predicted molar refractivity (Wildman–Crippen MR) is 121 cm³/mol. The fraction of sp³-hybridized carbons (Fsp3) is 0.429. The van der Waals surface area contributed by atoms with Crippen LogP contribution in [0.25, 0.3) is 0 Å². The topological polar surface area (TPSA) is 58.5 Å². The average molecular weight is 480 g/mol. The molecule has 0 bridgehead atoms. The van der Waals surface area contributed by atoms with Crippen LogP contribution < -0.4 is 15.4 Å². The summed E-state index contributed by atoms with van der Waals surface area (Å²) >= 11 is 0. The van der Waals surface area contributed by atoms with Gasteiger partial charge in [0.15, 0.2) is 5.96 Å². The van der Waals surface area contributed by atoms with E-state index in [1.165, 1.54) is 18.4 Å². The standard InChI is InChI=1S/C21H28N4O.HI/c1-22-21(23-13-5-8-17-6-3-2-4-7-17)25-15-19-11-12-20(24-14-19)26-16-18-9-10-18;/h2-4,6-7,11-12,14,18H,5,8-10,13,15-16H2,1H3,(H2,22,23,25);1H. The van der Waals surface area contributed by atoms with Crippen LogP contribution >= 0.6 is 24.0 Å². The molecular weight excluding hydrogens is 451 g/mol. The quantitative estimate of drug-likeness (QED) is 0.248. The number of hydrogen-bond acceptors (Lipinski definition) is 3. The zero-order valence-electron chi connectivity index (χ0n) is 15.9. The Kier molecular flexibility index (Phi) is 9.38. The van der Waals surface area contributed by atoms with Crippen molar-refractivity contribution in [3.05, 3.63) is 59.8 Å². The lowest BCUT2D eigenvalue weighted by Crippen LogP contribution is -2.37. The largest absolute Gasteiger partial charge is 0.477 e. The van der Waals surface area contributed by atoms with Crippen LogP contribution in [-0.2, 0) is 13.0 Å². The third kappa shape index (κ3) is 8.15. The van der Waals surface area contributed by atoms with E-state index in [0.29, 0.717) is 12.4 Å². The van der Waals surface area contributed by atoms with Crippen molar-refractivity contribution in [3.8, 4) is 5.88 Å². The smallest absolute Gasteiger partial charge is 0.213 e. The van der Waals surface area contributed by atoms with Crippen LogP contribution in [0.1, 0.15) is 30.4 Å². The lowest BCUT2D eigenvalue weighted by atomic mass is 10.1. The Hall–Kier alpha value is -1.83. The molecule has 0 radical (unpaired) electrons. The summed E-state index contributed by atoms with van der Waals surface area (Å²) in [6, 6.07) is 14.5. The number of benzene rings is 1. The number of hydrogen-bond donors (Lipinski definition) is 2. The summed E-state index contributed by atoms with van der Waals surface area (Å²) < 4.78 is 5.67. The molecular formula is C21H29IN4O. The van der Waals surface area contributed by atoms with Crippen LogP contribution in [0.5, 0.6) is 5.88 Å². The second-order valence-corrected chi connectivity index (χ2v) is 6.70. The van der Waals surface area contributed by atoms with E-state index >= 15 is 0 Å². The number of aromatic nitrogens is 1. The molecule has 2 N–H and O–H groups in total. The van der Waals surface area contributed by atoms with Gasteiger partial charge in [0.25, 0.3) is 0 Å². The Labute approximate surface area is 179 Å². The van der Waals surface area contributed by atoms with Crippen molar-refractivity contribution in [3.63, 3.8) is 0 Å². The minimum Gasteiger partial charge on any atom is -0.477 e. The highest BCUT2D eigenvalue weighted by Gasteiger charge is 2.21. The first-order chi connectivity index (χ1) is 12.8. The number of nitrogens with one attached hydrogen (secondary N) is 2. The average Bonchev–Trinajstić information content (AvgIpc) is 3.52. The fourth-order valence-electron chi connectivity index (χ4n) is 2.64. The van der Waals surface area contributed by atoms with E-state index in [-0.39, 0.29) is 24.0 Å². The molecule has 1 aliphatic rings. The first kappa shape index (κ1) is 21.5. The third-order valence-electron chi connectivity index (χ3n) is 4.42. The van der Waals surface area contributed by atoms with E-state index in [1.807, 2.05) is 24.4 Å². The van der Waals surface area contributed by atoms with Gasteiger partial charge in [-0.3, -0.25) is 4.99 Å². The van der Waals surface area contributed by atoms with E-state index in [9.17, 15) is 0 Å². The molecule has 5 nitrogen and oxygen atoms in total. The molecule has 6 heteroatoms. The molecule has 1 aromatic carbocycles. The maximum absolute atomic E-state index is 5.67. The zero-order valence-corrected chi connectivity index (χ0v) is 18.2. The number of aryl methyl sites for hydroxylation is 1. The number of rotatable bonds is 9.